The van der Waals surface area contributed by atoms with Gasteiger partial charge >= 0.3 is 0 Å². The summed E-state index contributed by atoms with van der Waals surface area (Å²) >= 11 is 0. The van der Waals surface area contributed by atoms with Crippen molar-refractivity contribution in [1.29, 1.82) is 0 Å². The highest BCUT2D eigenvalue weighted by Gasteiger charge is 2.44. The molecule has 49 heavy (non-hydrogen) atoms. The monoisotopic (exact) mass is 665 g/mol. The highest BCUT2D eigenvalue weighted by Crippen LogP contribution is 2.47. The van der Waals surface area contributed by atoms with E-state index in [0.29, 0.717) is 48.9 Å². The Bertz CT molecular complexity index is 1700. The molecule has 2 heterocycles. The summed E-state index contributed by atoms with van der Waals surface area (Å²) in [6, 6.07) is 21.8. The number of hydrogen-bond acceptors (Lipinski definition) is 4. The van der Waals surface area contributed by atoms with E-state index in [1.807, 2.05) is 0 Å². The van der Waals surface area contributed by atoms with Gasteiger partial charge in [0.15, 0.2) is 0 Å². The molecular weight excluding hydrogens is 616 g/mol. The Labute approximate surface area is 289 Å². The van der Waals surface area contributed by atoms with Crippen LogP contribution in [-0.2, 0) is 16.9 Å². The van der Waals surface area contributed by atoms with Crippen LogP contribution in [0.3, 0.4) is 0 Å². The van der Waals surface area contributed by atoms with E-state index in [1.165, 1.54) is 85.7 Å². The van der Waals surface area contributed by atoms with Gasteiger partial charge in [0, 0.05) is 23.5 Å². The van der Waals surface area contributed by atoms with Crippen LogP contribution in [-0.4, -0.2) is 28.0 Å². The molecule has 3 aliphatic rings. The molecule has 0 N–H and O–H groups in total. The summed E-state index contributed by atoms with van der Waals surface area (Å²) in [7, 11) is 0. The SMILES string of the molecule is C=C1C(c2ccc(C3CCC(c4ccc(OC[C@@H]5CO[C@@](Cn6cncn6)(c6ccc(F)cc6F)C5)cc4)CC3)cc2)CCC1C(C)CC. The van der Waals surface area contributed by atoms with E-state index in [4.69, 9.17) is 9.47 Å². The number of benzene rings is 3. The van der Waals surface area contributed by atoms with E-state index in [9.17, 15) is 8.78 Å². The lowest BCUT2D eigenvalue weighted by atomic mass is 9.76. The molecular formula is C42H49F2N3O2. The molecule has 3 unspecified atom stereocenters. The third-order valence-corrected chi connectivity index (χ3v) is 11.9. The van der Waals surface area contributed by atoms with Crippen LogP contribution in [0.4, 0.5) is 8.78 Å². The van der Waals surface area contributed by atoms with Gasteiger partial charge in [-0.25, -0.2) is 18.4 Å². The number of allylic oxidation sites excluding steroid dienone is 1. The van der Waals surface area contributed by atoms with Crippen molar-refractivity contribution in [2.45, 2.75) is 95.1 Å². The number of hydrogen-bond donors (Lipinski definition) is 0. The van der Waals surface area contributed by atoms with Gasteiger partial charge in [0.05, 0.1) is 19.8 Å². The maximum atomic E-state index is 15.0. The van der Waals surface area contributed by atoms with Gasteiger partial charge in [-0.05, 0) is 104 Å². The van der Waals surface area contributed by atoms with E-state index in [-0.39, 0.29) is 12.5 Å². The minimum Gasteiger partial charge on any atom is -0.493 e. The molecule has 258 valence electrons. The van der Waals surface area contributed by atoms with Crippen molar-refractivity contribution in [1.82, 2.24) is 14.8 Å². The molecule has 2 saturated carbocycles. The van der Waals surface area contributed by atoms with Crippen molar-refractivity contribution < 1.29 is 18.3 Å². The normalized spacial score (nSPS) is 27.8. The Kier molecular flexibility index (Phi) is 10.00. The van der Waals surface area contributed by atoms with Crippen LogP contribution in [0.25, 0.3) is 0 Å². The molecule has 0 bridgehead atoms. The summed E-state index contributed by atoms with van der Waals surface area (Å²) in [5.74, 6) is 2.73. The molecule has 5 atom stereocenters. The second-order valence-corrected chi connectivity index (χ2v) is 14.9. The van der Waals surface area contributed by atoms with E-state index in [1.54, 1.807) is 11.0 Å². The molecule has 1 aromatic heterocycles. The lowest BCUT2D eigenvalue weighted by molar-refractivity contribution is -0.0206. The van der Waals surface area contributed by atoms with Gasteiger partial charge in [-0.15, -0.1) is 0 Å². The van der Waals surface area contributed by atoms with Crippen LogP contribution >= 0.6 is 0 Å². The molecule has 1 saturated heterocycles. The summed E-state index contributed by atoms with van der Waals surface area (Å²) in [5, 5.41) is 4.20. The first-order valence-electron chi connectivity index (χ1n) is 18.2. The highest BCUT2D eigenvalue weighted by molar-refractivity contribution is 5.36. The fraction of sp³-hybridized carbons (Fsp3) is 0.476. The second kappa shape index (κ2) is 14.6. The zero-order chi connectivity index (χ0) is 34.0. The first kappa shape index (κ1) is 33.6. The summed E-state index contributed by atoms with van der Waals surface area (Å²) in [6.45, 7) is 10.3. The van der Waals surface area contributed by atoms with Gasteiger partial charge < -0.3 is 9.47 Å². The Balaban J connectivity index is 0.910. The third kappa shape index (κ3) is 7.23. The zero-order valence-electron chi connectivity index (χ0n) is 28.9. The third-order valence-electron chi connectivity index (χ3n) is 11.9. The molecule has 7 rings (SSSR count). The zero-order valence-corrected chi connectivity index (χ0v) is 28.9. The summed E-state index contributed by atoms with van der Waals surface area (Å²) in [6.07, 6.45) is 12.1. The fourth-order valence-electron chi connectivity index (χ4n) is 8.89. The van der Waals surface area contributed by atoms with Crippen LogP contribution in [0.15, 0.2) is 91.5 Å². The Morgan fingerprint density at radius 3 is 2.22 bits per heavy atom. The van der Waals surface area contributed by atoms with Crippen LogP contribution in [0.2, 0.25) is 0 Å². The van der Waals surface area contributed by atoms with Crippen molar-refractivity contribution in [3.05, 3.63) is 125 Å². The molecule has 0 radical (unpaired) electrons. The standard InChI is InChI=1S/C42H49F2N3O2/c1-4-28(2)38-18-19-39(29(38)3)35-11-9-33(10-12-35)31-5-7-32(8-6-31)34-13-16-37(17-14-34)48-23-30-22-42(49-24-30,25-47-27-45-26-46-47)40-20-15-36(43)21-41(40)44/h9-17,20-21,26-28,30-32,38-39H,3-8,18-19,22-25H2,1-2H3/t28?,30-,31?,32?,38?,39?,42+/m1/s1. The van der Waals surface area contributed by atoms with Gasteiger partial charge in [0.1, 0.15) is 35.6 Å². The lowest BCUT2D eigenvalue weighted by Crippen LogP contribution is -2.32. The lowest BCUT2D eigenvalue weighted by Gasteiger charge is -2.29. The van der Waals surface area contributed by atoms with Crippen LogP contribution < -0.4 is 4.74 Å². The highest BCUT2D eigenvalue weighted by atomic mass is 19.1. The average Bonchev–Trinajstić information content (AvgIpc) is 3.88. The number of aromatic nitrogens is 3. The van der Waals surface area contributed by atoms with Crippen molar-refractivity contribution in [2.75, 3.05) is 13.2 Å². The average molecular weight is 666 g/mol. The molecule has 0 amide bonds. The van der Waals surface area contributed by atoms with Crippen LogP contribution in [0, 0.1) is 29.4 Å². The van der Waals surface area contributed by atoms with Crippen LogP contribution in [0.1, 0.15) is 105 Å². The van der Waals surface area contributed by atoms with Gasteiger partial charge in [-0.1, -0.05) is 74.9 Å². The van der Waals surface area contributed by atoms with E-state index in [0.717, 1.165) is 17.7 Å². The minimum atomic E-state index is -0.980. The summed E-state index contributed by atoms with van der Waals surface area (Å²) in [4.78, 5) is 4.02. The number of ether oxygens (including phenoxy) is 2. The molecule has 0 spiro atoms. The predicted octanol–water partition coefficient (Wildman–Crippen LogP) is 10.1. The maximum Gasteiger partial charge on any atom is 0.137 e. The van der Waals surface area contributed by atoms with Crippen molar-refractivity contribution in [3.8, 4) is 5.75 Å². The largest absolute Gasteiger partial charge is 0.493 e. The van der Waals surface area contributed by atoms with Gasteiger partial charge in [-0.2, -0.15) is 5.10 Å². The molecule has 4 aromatic rings. The quantitative estimate of drug-likeness (QED) is 0.150. The smallest absolute Gasteiger partial charge is 0.137 e. The van der Waals surface area contributed by atoms with E-state index in [2.05, 4.69) is 79.0 Å². The number of nitrogens with zero attached hydrogens (tertiary/aromatic N) is 3. The first-order chi connectivity index (χ1) is 23.8. The second-order valence-electron chi connectivity index (χ2n) is 14.9. The van der Waals surface area contributed by atoms with Crippen molar-refractivity contribution >= 4 is 0 Å². The van der Waals surface area contributed by atoms with Crippen molar-refractivity contribution in [2.24, 2.45) is 17.8 Å². The molecule has 1 aliphatic heterocycles. The fourth-order valence-corrected chi connectivity index (χ4v) is 8.89. The molecule has 5 nitrogen and oxygen atoms in total. The minimum absolute atomic E-state index is 0.0376. The number of rotatable bonds is 11. The van der Waals surface area contributed by atoms with Gasteiger partial charge in [0.2, 0.25) is 0 Å². The van der Waals surface area contributed by atoms with Crippen molar-refractivity contribution in [3.63, 3.8) is 0 Å². The summed E-state index contributed by atoms with van der Waals surface area (Å²) < 4.78 is 42.8. The number of halogens is 2. The molecule has 7 heteroatoms. The molecule has 2 aliphatic carbocycles. The Morgan fingerprint density at radius 2 is 1.59 bits per heavy atom. The maximum absolute atomic E-state index is 15.0. The first-order valence-corrected chi connectivity index (χ1v) is 18.2. The Hall–Kier alpha value is -3.84. The summed E-state index contributed by atoms with van der Waals surface area (Å²) in [5.41, 5.74) is 5.10. The van der Waals surface area contributed by atoms with E-state index >= 15 is 0 Å². The topological polar surface area (TPSA) is 49.2 Å². The van der Waals surface area contributed by atoms with Crippen LogP contribution in [0.5, 0.6) is 5.75 Å². The van der Waals surface area contributed by atoms with E-state index < -0.39 is 17.2 Å². The predicted molar refractivity (Wildman–Crippen MR) is 189 cm³/mol. The van der Waals surface area contributed by atoms with Gasteiger partial charge in [-0.3, -0.25) is 0 Å². The molecule has 3 aromatic carbocycles. The van der Waals surface area contributed by atoms with Gasteiger partial charge in [0.25, 0.3) is 0 Å². The Morgan fingerprint density at radius 1 is 0.918 bits per heavy atom. The molecule has 3 fully saturated rings.